The van der Waals surface area contributed by atoms with Crippen LogP contribution in [0.2, 0.25) is 0 Å². The number of benzene rings is 1. The van der Waals surface area contributed by atoms with E-state index in [0.717, 1.165) is 17.8 Å². The smallest absolute Gasteiger partial charge is 0.133 e. The molecule has 1 aliphatic heterocycles. The van der Waals surface area contributed by atoms with Gasteiger partial charge in [-0.25, -0.2) is 4.98 Å². The van der Waals surface area contributed by atoms with Gasteiger partial charge in [0.1, 0.15) is 5.82 Å². The topological polar surface area (TPSA) is 36.4 Å². The van der Waals surface area contributed by atoms with Crippen LogP contribution in [0.4, 0.5) is 11.5 Å². The molecule has 0 saturated carbocycles. The van der Waals surface area contributed by atoms with Gasteiger partial charge in [0.05, 0.1) is 6.10 Å². The molecule has 3 heteroatoms. The van der Waals surface area contributed by atoms with Crippen LogP contribution in [-0.2, 0) is 6.42 Å². The van der Waals surface area contributed by atoms with E-state index in [1.807, 2.05) is 12.1 Å². The van der Waals surface area contributed by atoms with Crippen molar-refractivity contribution in [2.24, 2.45) is 0 Å². The number of aromatic nitrogens is 1. The van der Waals surface area contributed by atoms with Crippen molar-refractivity contribution in [1.82, 2.24) is 4.98 Å². The third-order valence-corrected chi connectivity index (χ3v) is 3.71. The van der Waals surface area contributed by atoms with Gasteiger partial charge in [-0.05, 0) is 43.5 Å². The fourth-order valence-corrected chi connectivity index (χ4v) is 2.70. The van der Waals surface area contributed by atoms with E-state index in [2.05, 4.69) is 41.1 Å². The Morgan fingerprint density at radius 1 is 1.26 bits per heavy atom. The molecule has 1 aromatic heterocycles. The largest absolute Gasteiger partial charge is 0.389 e. The number of hydrogen-bond acceptors (Lipinski definition) is 3. The van der Waals surface area contributed by atoms with Crippen molar-refractivity contribution in [3.63, 3.8) is 0 Å². The summed E-state index contributed by atoms with van der Waals surface area (Å²) < 4.78 is 0. The van der Waals surface area contributed by atoms with E-state index in [0.29, 0.717) is 6.04 Å². The number of rotatable bonds is 2. The first-order valence-corrected chi connectivity index (χ1v) is 6.68. The molecule has 0 saturated heterocycles. The van der Waals surface area contributed by atoms with Gasteiger partial charge in [-0.1, -0.05) is 24.3 Å². The maximum atomic E-state index is 9.54. The molecule has 0 fully saturated rings. The summed E-state index contributed by atoms with van der Waals surface area (Å²) in [5, 5.41) is 9.54. The predicted octanol–water partition coefficient (Wildman–Crippen LogP) is 3.22. The lowest BCUT2D eigenvalue weighted by Gasteiger charge is -2.24. The van der Waals surface area contributed by atoms with Crippen LogP contribution in [0.5, 0.6) is 0 Å². The molecule has 0 aliphatic carbocycles. The van der Waals surface area contributed by atoms with E-state index in [1.165, 1.54) is 11.3 Å². The fraction of sp³-hybridized carbons (Fsp3) is 0.312. The molecule has 0 bridgehead atoms. The number of fused-ring (bicyclic) bond motifs is 1. The lowest BCUT2D eigenvalue weighted by Crippen LogP contribution is -2.24. The molecule has 2 aromatic rings. The van der Waals surface area contributed by atoms with Crippen molar-refractivity contribution in [1.29, 1.82) is 0 Å². The van der Waals surface area contributed by atoms with Crippen LogP contribution >= 0.6 is 0 Å². The van der Waals surface area contributed by atoms with E-state index >= 15 is 0 Å². The minimum Gasteiger partial charge on any atom is -0.389 e. The normalized spacial score (nSPS) is 19.3. The first kappa shape index (κ1) is 12.2. The number of para-hydroxylation sites is 1. The molecule has 3 rings (SSSR count). The van der Waals surface area contributed by atoms with E-state index in [9.17, 15) is 5.11 Å². The molecule has 1 aliphatic rings. The molecule has 3 nitrogen and oxygen atoms in total. The number of aliphatic hydroxyl groups excluding tert-OH is 1. The van der Waals surface area contributed by atoms with Gasteiger partial charge >= 0.3 is 0 Å². The SMILES string of the molecule is CC(O)c1ccc(N2c3ccccc3CC2C)nc1. The summed E-state index contributed by atoms with van der Waals surface area (Å²) in [5.74, 6) is 0.946. The predicted molar refractivity (Wildman–Crippen MR) is 76.6 cm³/mol. The second kappa shape index (κ2) is 4.67. The molecule has 0 amide bonds. The highest BCUT2D eigenvalue weighted by atomic mass is 16.3. The van der Waals surface area contributed by atoms with Crippen LogP contribution < -0.4 is 4.90 Å². The Labute approximate surface area is 113 Å². The zero-order chi connectivity index (χ0) is 13.4. The second-order valence-corrected chi connectivity index (χ2v) is 5.18. The third kappa shape index (κ3) is 2.10. The summed E-state index contributed by atoms with van der Waals surface area (Å²) in [6.07, 6.45) is 2.34. The lowest BCUT2D eigenvalue weighted by atomic mass is 10.1. The molecule has 2 atom stereocenters. The minimum absolute atomic E-state index is 0.419. The first-order chi connectivity index (χ1) is 9.16. The lowest BCUT2D eigenvalue weighted by molar-refractivity contribution is 0.199. The Bertz CT molecular complexity index is 578. The van der Waals surface area contributed by atoms with Crippen LogP contribution in [0.25, 0.3) is 0 Å². The van der Waals surface area contributed by atoms with E-state index in [1.54, 1.807) is 13.1 Å². The summed E-state index contributed by atoms with van der Waals surface area (Å²) in [6, 6.07) is 12.8. The average Bonchev–Trinajstić information content (AvgIpc) is 2.74. The molecule has 1 aromatic carbocycles. The number of hydrogen-bond donors (Lipinski definition) is 1. The van der Waals surface area contributed by atoms with Gasteiger partial charge < -0.3 is 10.0 Å². The summed E-state index contributed by atoms with van der Waals surface area (Å²) in [5.41, 5.74) is 3.47. The second-order valence-electron chi connectivity index (χ2n) is 5.18. The van der Waals surface area contributed by atoms with Gasteiger partial charge in [-0.15, -0.1) is 0 Å². The molecule has 1 N–H and O–H groups in total. The Morgan fingerprint density at radius 3 is 2.74 bits per heavy atom. The Kier molecular flexibility index (Phi) is 2.99. The Morgan fingerprint density at radius 2 is 2.05 bits per heavy atom. The number of nitrogens with zero attached hydrogens (tertiary/aromatic N) is 2. The number of anilines is 2. The molecular weight excluding hydrogens is 236 g/mol. The number of aliphatic hydroxyl groups is 1. The number of pyridine rings is 1. The van der Waals surface area contributed by atoms with Crippen LogP contribution in [-0.4, -0.2) is 16.1 Å². The zero-order valence-electron chi connectivity index (χ0n) is 11.2. The highest BCUT2D eigenvalue weighted by molar-refractivity contribution is 5.68. The van der Waals surface area contributed by atoms with Crippen molar-refractivity contribution in [2.75, 3.05) is 4.90 Å². The fourth-order valence-electron chi connectivity index (χ4n) is 2.70. The molecule has 2 heterocycles. The van der Waals surface area contributed by atoms with Gasteiger partial charge in [-0.3, -0.25) is 0 Å². The van der Waals surface area contributed by atoms with Crippen molar-refractivity contribution in [3.8, 4) is 0 Å². The van der Waals surface area contributed by atoms with Crippen LogP contribution in [0, 0.1) is 0 Å². The maximum Gasteiger partial charge on any atom is 0.133 e. The highest BCUT2D eigenvalue weighted by Crippen LogP contribution is 2.37. The molecule has 0 radical (unpaired) electrons. The summed E-state index contributed by atoms with van der Waals surface area (Å²) in [6.45, 7) is 3.97. The van der Waals surface area contributed by atoms with Gasteiger partial charge in [0.25, 0.3) is 0 Å². The van der Waals surface area contributed by atoms with E-state index in [4.69, 9.17) is 0 Å². The van der Waals surface area contributed by atoms with Crippen molar-refractivity contribution in [3.05, 3.63) is 53.7 Å². The van der Waals surface area contributed by atoms with Crippen molar-refractivity contribution in [2.45, 2.75) is 32.4 Å². The molecule has 98 valence electrons. The van der Waals surface area contributed by atoms with E-state index in [-0.39, 0.29) is 0 Å². The van der Waals surface area contributed by atoms with E-state index < -0.39 is 6.10 Å². The average molecular weight is 254 g/mol. The van der Waals surface area contributed by atoms with Gasteiger partial charge in [0, 0.05) is 17.9 Å². The van der Waals surface area contributed by atoms with Crippen LogP contribution in [0.1, 0.15) is 31.1 Å². The van der Waals surface area contributed by atoms with Crippen molar-refractivity contribution >= 4 is 11.5 Å². The van der Waals surface area contributed by atoms with Gasteiger partial charge in [-0.2, -0.15) is 0 Å². The summed E-state index contributed by atoms with van der Waals surface area (Å²) >= 11 is 0. The Balaban J connectivity index is 1.98. The van der Waals surface area contributed by atoms with Crippen molar-refractivity contribution < 1.29 is 5.11 Å². The van der Waals surface area contributed by atoms with Gasteiger partial charge in [0.2, 0.25) is 0 Å². The monoisotopic (exact) mass is 254 g/mol. The minimum atomic E-state index is -0.468. The van der Waals surface area contributed by atoms with Gasteiger partial charge in [0.15, 0.2) is 0 Å². The molecule has 2 unspecified atom stereocenters. The molecule has 0 spiro atoms. The first-order valence-electron chi connectivity index (χ1n) is 6.68. The molecule has 19 heavy (non-hydrogen) atoms. The summed E-state index contributed by atoms with van der Waals surface area (Å²) in [4.78, 5) is 6.76. The maximum absolute atomic E-state index is 9.54. The molecular formula is C16H18N2O. The Hall–Kier alpha value is -1.87. The van der Waals surface area contributed by atoms with Crippen LogP contribution in [0.3, 0.4) is 0 Å². The summed E-state index contributed by atoms with van der Waals surface area (Å²) in [7, 11) is 0. The quantitative estimate of drug-likeness (QED) is 0.894. The van der Waals surface area contributed by atoms with Crippen LogP contribution in [0.15, 0.2) is 42.6 Å². The zero-order valence-corrected chi connectivity index (χ0v) is 11.2. The highest BCUT2D eigenvalue weighted by Gasteiger charge is 2.27. The third-order valence-electron chi connectivity index (χ3n) is 3.71. The standard InChI is InChI=1S/C16H18N2O/c1-11-9-13-5-3-4-6-15(13)18(11)16-8-7-14(10-17-16)12(2)19/h3-8,10-12,19H,9H2,1-2H3.